The van der Waals surface area contributed by atoms with Crippen LogP contribution in [-0.4, -0.2) is 57.2 Å². The van der Waals surface area contributed by atoms with Crippen molar-refractivity contribution in [3.8, 4) is 0 Å². The Morgan fingerprint density at radius 2 is 1.40 bits per heavy atom. The molecule has 0 unspecified atom stereocenters. The number of benzene rings is 2. The Morgan fingerprint density at radius 3 is 2.00 bits per heavy atom. The van der Waals surface area contributed by atoms with Crippen LogP contribution in [0.4, 0.5) is 0 Å². The molecule has 0 radical (unpaired) electrons. The van der Waals surface area contributed by atoms with Crippen LogP contribution in [0.2, 0.25) is 0 Å². The van der Waals surface area contributed by atoms with Crippen molar-refractivity contribution in [2.45, 2.75) is 17.9 Å². The van der Waals surface area contributed by atoms with E-state index in [9.17, 15) is 8.42 Å². The summed E-state index contributed by atoms with van der Waals surface area (Å²) in [7, 11) is -3.11. The lowest BCUT2D eigenvalue weighted by molar-refractivity contribution is 0.128. The third-order valence-corrected chi connectivity index (χ3v) is 5.91. The van der Waals surface area contributed by atoms with Crippen molar-refractivity contribution in [3.05, 3.63) is 65.7 Å². The fourth-order valence-electron chi connectivity index (χ4n) is 3.20. The van der Waals surface area contributed by atoms with Gasteiger partial charge in [-0.25, -0.2) is 8.42 Å². The van der Waals surface area contributed by atoms with Gasteiger partial charge in [-0.05, 0) is 29.7 Å². The van der Waals surface area contributed by atoms with Gasteiger partial charge in [0.05, 0.1) is 4.90 Å². The first-order valence-electron chi connectivity index (χ1n) is 8.78. The zero-order chi connectivity index (χ0) is 17.7. The fraction of sp³-hybridized carbons (Fsp3) is 0.400. The molecule has 4 nitrogen and oxygen atoms in total. The highest BCUT2D eigenvalue weighted by Gasteiger charge is 2.17. The van der Waals surface area contributed by atoms with Crippen molar-refractivity contribution in [2.75, 3.05) is 39.0 Å². The van der Waals surface area contributed by atoms with E-state index in [2.05, 4.69) is 40.1 Å². The van der Waals surface area contributed by atoms with E-state index in [1.54, 1.807) is 12.1 Å². The number of hydrogen-bond donors (Lipinski definition) is 0. The summed E-state index contributed by atoms with van der Waals surface area (Å²) >= 11 is 0. The Morgan fingerprint density at radius 1 is 0.800 bits per heavy atom. The van der Waals surface area contributed by atoms with Crippen molar-refractivity contribution in [1.29, 1.82) is 0 Å². The summed E-state index contributed by atoms with van der Waals surface area (Å²) < 4.78 is 23.0. The molecule has 1 heterocycles. The molecule has 1 saturated heterocycles. The van der Waals surface area contributed by atoms with E-state index >= 15 is 0 Å². The van der Waals surface area contributed by atoms with E-state index in [4.69, 9.17) is 0 Å². The summed E-state index contributed by atoms with van der Waals surface area (Å²) in [4.78, 5) is 5.35. The largest absolute Gasteiger partial charge is 0.300 e. The highest BCUT2D eigenvalue weighted by Crippen LogP contribution is 2.13. The number of piperazine rings is 1. The van der Waals surface area contributed by atoms with Crippen molar-refractivity contribution < 1.29 is 8.42 Å². The van der Waals surface area contributed by atoms with Crippen LogP contribution in [0, 0.1) is 0 Å². The van der Waals surface area contributed by atoms with Crippen molar-refractivity contribution in [2.24, 2.45) is 0 Å². The number of nitrogens with zero attached hydrogens (tertiary/aromatic N) is 2. The predicted molar refractivity (Wildman–Crippen MR) is 101 cm³/mol. The maximum atomic E-state index is 11.5. The van der Waals surface area contributed by atoms with Crippen LogP contribution < -0.4 is 0 Å². The Labute approximate surface area is 151 Å². The van der Waals surface area contributed by atoms with E-state index in [1.165, 1.54) is 17.4 Å². The molecule has 0 spiro atoms. The molecule has 134 valence electrons. The Hall–Kier alpha value is -1.69. The van der Waals surface area contributed by atoms with Gasteiger partial charge in [0.1, 0.15) is 0 Å². The molecule has 1 fully saturated rings. The summed E-state index contributed by atoms with van der Waals surface area (Å²) in [6.07, 6.45) is 2.35. The highest BCUT2D eigenvalue weighted by molar-refractivity contribution is 7.90. The standard InChI is InChI=1S/C20H26N2O2S/c1-25(23,24)20-9-7-19(8-10-20)17-22-15-13-21(14-16-22)12-11-18-5-3-2-4-6-18/h2-10H,11-17H2,1H3. The minimum atomic E-state index is -3.11. The third-order valence-electron chi connectivity index (χ3n) is 4.78. The van der Waals surface area contributed by atoms with Crippen LogP contribution >= 0.6 is 0 Å². The molecule has 1 aliphatic rings. The van der Waals surface area contributed by atoms with Crippen molar-refractivity contribution in [1.82, 2.24) is 9.80 Å². The van der Waals surface area contributed by atoms with E-state index in [-0.39, 0.29) is 0 Å². The fourth-order valence-corrected chi connectivity index (χ4v) is 3.83. The summed E-state index contributed by atoms with van der Waals surface area (Å²) in [5.41, 5.74) is 2.57. The van der Waals surface area contributed by atoms with E-state index in [0.29, 0.717) is 4.90 Å². The first-order chi connectivity index (χ1) is 12.0. The lowest BCUT2D eigenvalue weighted by Crippen LogP contribution is -2.46. The van der Waals surface area contributed by atoms with Crippen LogP contribution in [0.5, 0.6) is 0 Å². The molecule has 0 saturated carbocycles. The van der Waals surface area contributed by atoms with E-state index in [0.717, 1.165) is 45.7 Å². The molecule has 0 bridgehead atoms. The average molecular weight is 359 g/mol. The molecule has 2 aromatic carbocycles. The second-order valence-corrected chi connectivity index (χ2v) is 8.79. The van der Waals surface area contributed by atoms with E-state index < -0.39 is 9.84 Å². The molecular weight excluding hydrogens is 332 g/mol. The second kappa shape index (κ2) is 8.13. The zero-order valence-corrected chi connectivity index (χ0v) is 15.6. The highest BCUT2D eigenvalue weighted by atomic mass is 32.2. The first kappa shape index (κ1) is 18.1. The lowest BCUT2D eigenvalue weighted by Gasteiger charge is -2.34. The molecule has 0 aromatic heterocycles. The van der Waals surface area contributed by atoms with Gasteiger partial charge in [-0.1, -0.05) is 42.5 Å². The average Bonchev–Trinajstić information content (AvgIpc) is 2.62. The minimum absolute atomic E-state index is 0.391. The molecule has 0 amide bonds. The lowest BCUT2D eigenvalue weighted by atomic mass is 10.1. The number of sulfone groups is 1. The summed E-state index contributed by atoms with van der Waals surface area (Å²) in [6, 6.07) is 17.9. The molecular formula is C20H26N2O2S. The van der Waals surface area contributed by atoms with E-state index in [1.807, 2.05) is 12.1 Å². The first-order valence-corrected chi connectivity index (χ1v) is 10.7. The van der Waals surface area contributed by atoms with Gasteiger partial charge in [0.15, 0.2) is 9.84 Å². The van der Waals surface area contributed by atoms with Crippen molar-refractivity contribution >= 4 is 9.84 Å². The third kappa shape index (κ3) is 5.39. The normalized spacial score (nSPS) is 16.8. The Kier molecular flexibility index (Phi) is 5.89. The predicted octanol–water partition coefficient (Wildman–Crippen LogP) is 2.45. The van der Waals surface area contributed by atoms with Crippen molar-refractivity contribution in [3.63, 3.8) is 0 Å². The van der Waals surface area contributed by atoms with Gasteiger partial charge in [-0.2, -0.15) is 0 Å². The Bertz CT molecular complexity index is 765. The van der Waals surface area contributed by atoms with Crippen LogP contribution in [-0.2, 0) is 22.8 Å². The van der Waals surface area contributed by atoms with Gasteiger partial charge in [0.2, 0.25) is 0 Å². The smallest absolute Gasteiger partial charge is 0.175 e. The molecule has 3 rings (SSSR count). The van der Waals surface area contributed by atoms with Crippen LogP contribution in [0.25, 0.3) is 0 Å². The molecule has 5 heteroatoms. The molecule has 0 atom stereocenters. The van der Waals surface area contributed by atoms with Gasteiger partial charge < -0.3 is 4.90 Å². The van der Waals surface area contributed by atoms with Gasteiger partial charge in [0, 0.05) is 45.5 Å². The summed E-state index contributed by atoms with van der Waals surface area (Å²) in [6.45, 7) is 6.30. The van der Waals surface area contributed by atoms with Crippen LogP contribution in [0.1, 0.15) is 11.1 Å². The van der Waals surface area contributed by atoms with Crippen LogP contribution in [0.3, 0.4) is 0 Å². The second-order valence-electron chi connectivity index (χ2n) is 6.77. The van der Waals surface area contributed by atoms with Gasteiger partial charge >= 0.3 is 0 Å². The maximum absolute atomic E-state index is 11.5. The molecule has 0 aliphatic carbocycles. The molecule has 25 heavy (non-hydrogen) atoms. The summed E-state index contributed by atoms with van der Waals surface area (Å²) in [5.74, 6) is 0. The molecule has 2 aromatic rings. The zero-order valence-electron chi connectivity index (χ0n) is 14.8. The van der Waals surface area contributed by atoms with Gasteiger partial charge in [0.25, 0.3) is 0 Å². The maximum Gasteiger partial charge on any atom is 0.175 e. The monoisotopic (exact) mass is 358 g/mol. The van der Waals surface area contributed by atoms with Gasteiger partial charge in [-0.3, -0.25) is 4.90 Å². The summed E-state index contributed by atoms with van der Waals surface area (Å²) in [5, 5.41) is 0. The number of hydrogen-bond acceptors (Lipinski definition) is 4. The van der Waals surface area contributed by atoms with Crippen LogP contribution in [0.15, 0.2) is 59.5 Å². The quantitative estimate of drug-likeness (QED) is 0.795. The van der Waals surface area contributed by atoms with Gasteiger partial charge in [-0.15, -0.1) is 0 Å². The minimum Gasteiger partial charge on any atom is -0.300 e. The number of rotatable bonds is 6. The molecule has 1 aliphatic heterocycles. The topological polar surface area (TPSA) is 40.6 Å². The molecule has 0 N–H and O–H groups in total. The Balaban J connectivity index is 1.44. The SMILES string of the molecule is CS(=O)(=O)c1ccc(CN2CCN(CCc3ccccc3)CC2)cc1.